The number of rotatable bonds is 6. The fraction of sp³-hybridized carbons (Fsp3) is 0.273. The molecule has 2 amide bonds. The van der Waals surface area contributed by atoms with Crippen molar-refractivity contribution in [2.75, 3.05) is 11.9 Å². The number of carbonyl (C=O) groups excluding carboxylic acids is 2. The molecule has 1 atom stereocenters. The maximum absolute atomic E-state index is 12.6. The molecule has 154 valence electrons. The lowest BCUT2D eigenvalue weighted by atomic mass is 10.1. The number of benzene rings is 1. The van der Waals surface area contributed by atoms with Crippen LogP contribution in [0.15, 0.2) is 63.2 Å². The fourth-order valence-electron chi connectivity index (χ4n) is 3.39. The van der Waals surface area contributed by atoms with Gasteiger partial charge in [0.2, 0.25) is 11.8 Å². The number of aryl methyl sites for hydroxylation is 2. The Bertz CT molecular complexity index is 1030. The smallest absolute Gasteiger partial charge is 0.229 e. The third-order valence-electron chi connectivity index (χ3n) is 4.80. The molecule has 7 nitrogen and oxygen atoms in total. The average Bonchev–Trinajstić information content (AvgIpc) is 3.33. The Labute approximate surface area is 178 Å². The molecule has 1 N–H and O–H groups in total. The Morgan fingerprint density at radius 1 is 1.20 bits per heavy atom. The highest BCUT2D eigenvalue weighted by molar-refractivity contribution is 7.99. The van der Waals surface area contributed by atoms with E-state index in [-0.39, 0.29) is 24.2 Å². The van der Waals surface area contributed by atoms with Crippen LogP contribution in [0.5, 0.6) is 0 Å². The number of carbonyl (C=O) groups is 2. The van der Waals surface area contributed by atoms with Crippen LogP contribution in [0.25, 0.3) is 0 Å². The number of nitrogens with zero attached hydrogens (tertiary/aromatic N) is 3. The second kappa shape index (κ2) is 8.71. The van der Waals surface area contributed by atoms with Crippen molar-refractivity contribution in [1.82, 2.24) is 14.9 Å². The van der Waals surface area contributed by atoms with Crippen LogP contribution in [-0.4, -0.2) is 33.2 Å². The van der Waals surface area contributed by atoms with E-state index in [1.54, 1.807) is 17.2 Å². The zero-order valence-corrected chi connectivity index (χ0v) is 17.6. The normalized spacial score (nSPS) is 16.1. The molecule has 0 radical (unpaired) electrons. The topological polar surface area (TPSA) is 88.3 Å². The molecule has 0 unspecified atom stereocenters. The molecule has 30 heavy (non-hydrogen) atoms. The summed E-state index contributed by atoms with van der Waals surface area (Å²) in [5.74, 6) is 0.158. The standard InChI is InChI=1S/C22H22N4O3S/c1-14-10-15(2)24-22(23-14)30-19-7-5-17(6-8-19)25-21(28)16-11-20(27)26(12-16)13-18-4-3-9-29-18/h3-10,16H,11-13H2,1-2H3,(H,25,28)/t16-/m1/s1. The maximum Gasteiger partial charge on any atom is 0.229 e. The lowest BCUT2D eigenvalue weighted by Crippen LogP contribution is -2.27. The van der Waals surface area contributed by atoms with Gasteiger partial charge in [-0.2, -0.15) is 0 Å². The van der Waals surface area contributed by atoms with Gasteiger partial charge in [-0.25, -0.2) is 9.97 Å². The number of aromatic nitrogens is 2. The summed E-state index contributed by atoms with van der Waals surface area (Å²) in [5, 5.41) is 3.61. The third-order valence-corrected chi connectivity index (χ3v) is 5.68. The summed E-state index contributed by atoms with van der Waals surface area (Å²) in [4.78, 5) is 36.4. The highest BCUT2D eigenvalue weighted by atomic mass is 32.2. The van der Waals surface area contributed by atoms with E-state index < -0.39 is 0 Å². The van der Waals surface area contributed by atoms with E-state index in [0.29, 0.717) is 29.7 Å². The minimum absolute atomic E-state index is 0.0354. The Hall–Kier alpha value is -3.13. The number of furan rings is 1. The summed E-state index contributed by atoms with van der Waals surface area (Å²) in [5.41, 5.74) is 2.56. The monoisotopic (exact) mass is 422 g/mol. The fourth-order valence-corrected chi connectivity index (χ4v) is 4.25. The summed E-state index contributed by atoms with van der Waals surface area (Å²) in [6.45, 7) is 4.67. The van der Waals surface area contributed by atoms with Crippen molar-refractivity contribution in [3.63, 3.8) is 0 Å². The summed E-state index contributed by atoms with van der Waals surface area (Å²) < 4.78 is 5.30. The highest BCUT2D eigenvalue weighted by Crippen LogP contribution is 2.27. The second-order valence-electron chi connectivity index (χ2n) is 7.30. The number of nitrogens with one attached hydrogen (secondary N) is 1. The molecule has 2 aromatic heterocycles. The minimum atomic E-state index is -0.370. The SMILES string of the molecule is Cc1cc(C)nc(Sc2ccc(NC(=O)[C@@H]3CC(=O)N(Cc4ccco4)C3)cc2)n1. The van der Waals surface area contributed by atoms with E-state index in [2.05, 4.69) is 15.3 Å². The summed E-state index contributed by atoms with van der Waals surface area (Å²) >= 11 is 1.48. The molecular formula is C22H22N4O3S. The Balaban J connectivity index is 1.34. The number of anilines is 1. The predicted octanol–water partition coefficient (Wildman–Crippen LogP) is 3.82. The van der Waals surface area contributed by atoms with Crippen LogP contribution in [0, 0.1) is 19.8 Å². The summed E-state index contributed by atoms with van der Waals surface area (Å²) in [6.07, 6.45) is 1.79. The first-order valence-corrected chi connectivity index (χ1v) is 10.5. The van der Waals surface area contributed by atoms with E-state index in [0.717, 1.165) is 16.3 Å². The average molecular weight is 423 g/mol. The molecule has 8 heteroatoms. The van der Waals surface area contributed by atoms with Crippen LogP contribution in [0.3, 0.4) is 0 Å². The maximum atomic E-state index is 12.6. The molecule has 3 aromatic rings. The molecule has 3 heterocycles. The van der Waals surface area contributed by atoms with Crippen LogP contribution in [0.4, 0.5) is 5.69 Å². The van der Waals surface area contributed by atoms with Gasteiger partial charge in [-0.1, -0.05) is 0 Å². The van der Waals surface area contributed by atoms with Crippen LogP contribution in [0.1, 0.15) is 23.6 Å². The molecule has 0 saturated carbocycles. The molecule has 1 aliphatic heterocycles. The van der Waals surface area contributed by atoms with Crippen molar-refractivity contribution < 1.29 is 14.0 Å². The molecule has 1 saturated heterocycles. The van der Waals surface area contributed by atoms with E-state index in [9.17, 15) is 9.59 Å². The van der Waals surface area contributed by atoms with E-state index >= 15 is 0 Å². The van der Waals surface area contributed by atoms with Crippen LogP contribution >= 0.6 is 11.8 Å². The molecule has 0 aliphatic carbocycles. The van der Waals surface area contributed by atoms with Gasteiger partial charge in [0.25, 0.3) is 0 Å². The van der Waals surface area contributed by atoms with Gasteiger partial charge in [0.15, 0.2) is 5.16 Å². The van der Waals surface area contributed by atoms with Crippen molar-refractivity contribution in [2.24, 2.45) is 5.92 Å². The zero-order chi connectivity index (χ0) is 21.1. The van der Waals surface area contributed by atoms with Gasteiger partial charge < -0.3 is 14.6 Å². The predicted molar refractivity (Wildman–Crippen MR) is 113 cm³/mol. The number of likely N-dealkylation sites (tertiary alicyclic amines) is 1. The van der Waals surface area contributed by atoms with Crippen LogP contribution in [0.2, 0.25) is 0 Å². The molecule has 0 bridgehead atoms. The number of hydrogen-bond donors (Lipinski definition) is 1. The molecule has 1 aromatic carbocycles. The van der Waals surface area contributed by atoms with Crippen molar-refractivity contribution in [2.45, 2.75) is 36.9 Å². The number of amides is 2. The molecule has 0 spiro atoms. The Kier molecular flexibility index (Phi) is 5.85. The van der Waals surface area contributed by atoms with E-state index in [4.69, 9.17) is 4.42 Å². The van der Waals surface area contributed by atoms with Gasteiger partial charge in [0, 0.05) is 34.9 Å². The first kappa shape index (κ1) is 20.2. The van der Waals surface area contributed by atoms with Crippen LogP contribution in [-0.2, 0) is 16.1 Å². The van der Waals surface area contributed by atoms with Gasteiger partial charge in [-0.15, -0.1) is 0 Å². The van der Waals surface area contributed by atoms with Crippen molar-refractivity contribution in [3.8, 4) is 0 Å². The summed E-state index contributed by atoms with van der Waals surface area (Å²) in [6, 6.07) is 13.1. The third kappa shape index (κ3) is 4.88. The quantitative estimate of drug-likeness (QED) is 0.608. The van der Waals surface area contributed by atoms with Gasteiger partial charge in [0.05, 0.1) is 18.7 Å². The van der Waals surface area contributed by atoms with Gasteiger partial charge in [-0.05, 0) is 68.1 Å². The lowest BCUT2D eigenvalue weighted by Gasteiger charge is -2.15. The molecule has 1 fully saturated rings. The molecular weight excluding hydrogens is 400 g/mol. The van der Waals surface area contributed by atoms with Crippen molar-refractivity contribution in [3.05, 3.63) is 65.9 Å². The van der Waals surface area contributed by atoms with Crippen molar-refractivity contribution in [1.29, 1.82) is 0 Å². The Morgan fingerprint density at radius 3 is 2.60 bits per heavy atom. The van der Waals surface area contributed by atoms with Gasteiger partial charge in [-0.3, -0.25) is 9.59 Å². The molecule has 4 rings (SSSR count). The Morgan fingerprint density at radius 2 is 1.93 bits per heavy atom. The lowest BCUT2D eigenvalue weighted by molar-refractivity contribution is -0.128. The van der Waals surface area contributed by atoms with E-state index in [1.165, 1.54) is 11.8 Å². The van der Waals surface area contributed by atoms with E-state index in [1.807, 2.05) is 50.2 Å². The summed E-state index contributed by atoms with van der Waals surface area (Å²) in [7, 11) is 0. The highest BCUT2D eigenvalue weighted by Gasteiger charge is 2.34. The van der Waals surface area contributed by atoms with Gasteiger partial charge in [0.1, 0.15) is 5.76 Å². The van der Waals surface area contributed by atoms with Crippen LogP contribution < -0.4 is 5.32 Å². The van der Waals surface area contributed by atoms with Crippen molar-refractivity contribution >= 4 is 29.3 Å². The first-order chi connectivity index (χ1) is 14.5. The van der Waals surface area contributed by atoms with Gasteiger partial charge >= 0.3 is 0 Å². The number of hydrogen-bond acceptors (Lipinski definition) is 6. The largest absolute Gasteiger partial charge is 0.467 e. The molecule has 1 aliphatic rings. The first-order valence-electron chi connectivity index (χ1n) is 9.67. The zero-order valence-electron chi connectivity index (χ0n) is 16.8. The second-order valence-corrected chi connectivity index (χ2v) is 8.34. The minimum Gasteiger partial charge on any atom is -0.467 e.